The van der Waals surface area contributed by atoms with Gasteiger partial charge < -0.3 is 16.4 Å². The number of rotatable bonds is 4. The SMILES string of the molecule is CC(NC(=O)c1cccs1)C(=O)NC1CCC(N)CC1.Cl. The number of carbonyl (C=O) groups is 2. The fourth-order valence-electron chi connectivity index (χ4n) is 2.33. The summed E-state index contributed by atoms with van der Waals surface area (Å²) in [5.74, 6) is -0.330. The van der Waals surface area contributed by atoms with Crippen LogP contribution in [-0.2, 0) is 4.79 Å². The number of hydrogen-bond donors (Lipinski definition) is 3. The molecule has 21 heavy (non-hydrogen) atoms. The first kappa shape index (κ1) is 17.9. The van der Waals surface area contributed by atoms with Crippen molar-refractivity contribution in [2.75, 3.05) is 0 Å². The van der Waals surface area contributed by atoms with E-state index in [1.54, 1.807) is 13.0 Å². The molecule has 1 saturated carbocycles. The first-order valence-electron chi connectivity index (χ1n) is 6.96. The van der Waals surface area contributed by atoms with Crippen molar-refractivity contribution in [3.05, 3.63) is 22.4 Å². The highest BCUT2D eigenvalue weighted by Crippen LogP contribution is 2.17. The van der Waals surface area contributed by atoms with E-state index >= 15 is 0 Å². The summed E-state index contributed by atoms with van der Waals surface area (Å²) in [5, 5.41) is 7.54. The molecule has 1 atom stereocenters. The standard InChI is InChI=1S/C14H21N3O2S.ClH/c1-9(16-14(19)12-3-2-8-20-12)13(18)17-11-6-4-10(15)5-7-11;/h2-3,8-11H,4-7,15H2,1H3,(H,16,19)(H,17,18);1H. The molecule has 0 aromatic carbocycles. The van der Waals surface area contributed by atoms with Crippen molar-refractivity contribution in [3.8, 4) is 0 Å². The number of hydrogen-bond acceptors (Lipinski definition) is 4. The summed E-state index contributed by atoms with van der Waals surface area (Å²) in [6, 6.07) is 3.48. The van der Waals surface area contributed by atoms with Crippen LogP contribution in [0.5, 0.6) is 0 Å². The third kappa shape index (κ3) is 5.30. The second-order valence-electron chi connectivity index (χ2n) is 5.29. The zero-order valence-electron chi connectivity index (χ0n) is 12.0. The predicted octanol–water partition coefficient (Wildman–Crippen LogP) is 1.67. The van der Waals surface area contributed by atoms with Gasteiger partial charge in [0, 0.05) is 12.1 Å². The molecular formula is C14H22ClN3O2S. The molecule has 1 unspecified atom stereocenters. The Kier molecular flexibility index (Phi) is 7.14. The second-order valence-corrected chi connectivity index (χ2v) is 6.24. The Morgan fingerprint density at radius 2 is 2.00 bits per heavy atom. The molecule has 2 amide bonds. The molecular weight excluding hydrogens is 310 g/mol. The van der Waals surface area contributed by atoms with Crippen LogP contribution in [0.25, 0.3) is 0 Å². The van der Waals surface area contributed by atoms with Gasteiger partial charge in [-0.05, 0) is 44.1 Å². The Bertz CT molecular complexity index is 459. The molecule has 1 heterocycles. The van der Waals surface area contributed by atoms with E-state index in [2.05, 4.69) is 10.6 Å². The smallest absolute Gasteiger partial charge is 0.261 e. The summed E-state index contributed by atoms with van der Waals surface area (Å²) in [7, 11) is 0. The van der Waals surface area contributed by atoms with Crippen LogP contribution in [0.1, 0.15) is 42.3 Å². The maximum atomic E-state index is 12.0. The lowest BCUT2D eigenvalue weighted by Crippen LogP contribution is -2.49. The van der Waals surface area contributed by atoms with Gasteiger partial charge in [-0.25, -0.2) is 0 Å². The predicted molar refractivity (Wildman–Crippen MR) is 86.9 cm³/mol. The number of thiophene rings is 1. The Labute approximate surface area is 135 Å². The summed E-state index contributed by atoms with van der Waals surface area (Å²) in [6.07, 6.45) is 3.72. The van der Waals surface area contributed by atoms with Gasteiger partial charge in [-0.1, -0.05) is 6.07 Å². The molecule has 2 rings (SSSR count). The summed E-state index contributed by atoms with van der Waals surface area (Å²) in [6.45, 7) is 1.70. The van der Waals surface area contributed by atoms with E-state index in [4.69, 9.17) is 5.73 Å². The molecule has 0 aliphatic heterocycles. The van der Waals surface area contributed by atoms with Gasteiger partial charge in [0.15, 0.2) is 0 Å². The molecule has 0 saturated heterocycles. The topological polar surface area (TPSA) is 84.2 Å². The second kappa shape index (κ2) is 8.36. The van der Waals surface area contributed by atoms with Crippen molar-refractivity contribution in [1.29, 1.82) is 0 Å². The Morgan fingerprint density at radius 1 is 1.33 bits per heavy atom. The zero-order valence-corrected chi connectivity index (χ0v) is 13.6. The average Bonchev–Trinajstić information content (AvgIpc) is 2.95. The Balaban J connectivity index is 0.00000220. The molecule has 0 spiro atoms. The Morgan fingerprint density at radius 3 is 2.57 bits per heavy atom. The lowest BCUT2D eigenvalue weighted by atomic mass is 9.91. The monoisotopic (exact) mass is 331 g/mol. The van der Waals surface area contributed by atoms with Gasteiger partial charge in [0.05, 0.1) is 4.88 Å². The molecule has 1 aliphatic carbocycles. The van der Waals surface area contributed by atoms with Crippen LogP contribution in [0.4, 0.5) is 0 Å². The molecule has 1 aromatic heterocycles. The number of amides is 2. The van der Waals surface area contributed by atoms with Crippen molar-refractivity contribution in [2.24, 2.45) is 5.73 Å². The summed E-state index contributed by atoms with van der Waals surface area (Å²) in [5.41, 5.74) is 5.84. The normalized spacial score (nSPS) is 22.8. The minimum absolute atomic E-state index is 0. The highest BCUT2D eigenvalue weighted by molar-refractivity contribution is 7.12. The van der Waals surface area contributed by atoms with Crippen LogP contribution in [0.15, 0.2) is 17.5 Å². The largest absolute Gasteiger partial charge is 0.352 e. The molecule has 118 valence electrons. The van der Waals surface area contributed by atoms with E-state index in [9.17, 15) is 9.59 Å². The van der Waals surface area contributed by atoms with Crippen LogP contribution in [0.2, 0.25) is 0 Å². The van der Waals surface area contributed by atoms with Crippen LogP contribution in [0.3, 0.4) is 0 Å². The quantitative estimate of drug-likeness (QED) is 0.784. The van der Waals surface area contributed by atoms with Crippen LogP contribution >= 0.6 is 23.7 Å². The number of nitrogens with two attached hydrogens (primary N) is 1. The van der Waals surface area contributed by atoms with Crippen molar-refractivity contribution >= 4 is 35.6 Å². The summed E-state index contributed by atoms with van der Waals surface area (Å²) >= 11 is 1.36. The third-order valence-corrected chi connectivity index (χ3v) is 4.47. The lowest BCUT2D eigenvalue weighted by Gasteiger charge is -2.28. The van der Waals surface area contributed by atoms with Gasteiger partial charge >= 0.3 is 0 Å². The van der Waals surface area contributed by atoms with E-state index in [1.807, 2.05) is 11.4 Å². The van der Waals surface area contributed by atoms with Gasteiger partial charge in [0.1, 0.15) is 6.04 Å². The molecule has 7 heteroatoms. The number of halogens is 1. The lowest BCUT2D eigenvalue weighted by molar-refractivity contribution is -0.123. The van der Waals surface area contributed by atoms with Crippen molar-refractivity contribution < 1.29 is 9.59 Å². The zero-order chi connectivity index (χ0) is 14.5. The fraction of sp³-hybridized carbons (Fsp3) is 0.571. The van der Waals surface area contributed by atoms with Crippen molar-refractivity contribution in [1.82, 2.24) is 10.6 Å². The van der Waals surface area contributed by atoms with Crippen LogP contribution in [-0.4, -0.2) is 29.9 Å². The first-order valence-corrected chi connectivity index (χ1v) is 7.84. The van der Waals surface area contributed by atoms with Crippen molar-refractivity contribution in [3.63, 3.8) is 0 Å². The minimum atomic E-state index is -0.528. The van der Waals surface area contributed by atoms with Crippen LogP contribution < -0.4 is 16.4 Å². The maximum absolute atomic E-state index is 12.0. The van der Waals surface area contributed by atoms with E-state index in [1.165, 1.54) is 11.3 Å². The average molecular weight is 332 g/mol. The van der Waals surface area contributed by atoms with Crippen LogP contribution in [0, 0.1) is 0 Å². The molecule has 1 aromatic rings. The first-order chi connectivity index (χ1) is 9.56. The van der Waals surface area contributed by atoms with Gasteiger partial charge in [-0.15, -0.1) is 23.7 Å². The van der Waals surface area contributed by atoms with Gasteiger partial charge in [0.2, 0.25) is 5.91 Å². The van der Waals surface area contributed by atoms with E-state index in [-0.39, 0.29) is 36.3 Å². The number of nitrogens with one attached hydrogen (secondary N) is 2. The van der Waals surface area contributed by atoms with E-state index < -0.39 is 6.04 Å². The molecule has 0 bridgehead atoms. The molecule has 4 N–H and O–H groups in total. The van der Waals surface area contributed by atoms with E-state index in [0.717, 1.165) is 25.7 Å². The summed E-state index contributed by atoms with van der Waals surface area (Å²) < 4.78 is 0. The van der Waals surface area contributed by atoms with Gasteiger partial charge in [-0.3, -0.25) is 9.59 Å². The third-order valence-electron chi connectivity index (χ3n) is 3.60. The highest BCUT2D eigenvalue weighted by Gasteiger charge is 2.23. The van der Waals surface area contributed by atoms with Gasteiger partial charge in [0.25, 0.3) is 5.91 Å². The number of carbonyl (C=O) groups excluding carboxylic acids is 2. The molecule has 0 radical (unpaired) electrons. The van der Waals surface area contributed by atoms with Gasteiger partial charge in [-0.2, -0.15) is 0 Å². The maximum Gasteiger partial charge on any atom is 0.261 e. The summed E-state index contributed by atoms with van der Waals surface area (Å²) in [4.78, 5) is 24.5. The Hall–Kier alpha value is -1.11. The molecule has 1 aliphatic rings. The van der Waals surface area contributed by atoms with E-state index in [0.29, 0.717) is 4.88 Å². The minimum Gasteiger partial charge on any atom is -0.352 e. The molecule has 1 fully saturated rings. The van der Waals surface area contributed by atoms with Crippen molar-refractivity contribution in [2.45, 2.75) is 50.7 Å². The fourth-order valence-corrected chi connectivity index (χ4v) is 2.96. The highest BCUT2D eigenvalue weighted by atomic mass is 35.5. The molecule has 5 nitrogen and oxygen atoms in total.